The van der Waals surface area contributed by atoms with Gasteiger partial charge in [0.15, 0.2) is 5.82 Å². The summed E-state index contributed by atoms with van der Waals surface area (Å²) in [7, 11) is 0. The van der Waals surface area contributed by atoms with Gasteiger partial charge in [-0.25, -0.2) is 14.4 Å². The number of benzene rings is 1. The fourth-order valence-electron chi connectivity index (χ4n) is 1.52. The van der Waals surface area contributed by atoms with Crippen LogP contribution in [-0.2, 0) is 0 Å². The highest BCUT2D eigenvalue weighted by molar-refractivity contribution is 5.49. The normalized spacial score (nSPS) is 10.1. The third kappa shape index (κ3) is 2.97. The number of ether oxygens (including phenoxy) is 1. The summed E-state index contributed by atoms with van der Waals surface area (Å²) in [6.07, 6.45) is 1.22. The van der Waals surface area contributed by atoms with Gasteiger partial charge in [0.1, 0.15) is 12.1 Å². The van der Waals surface area contributed by atoms with E-state index in [0.717, 1.165) is 12.1 Å². The van der Waals surface area contributed by atoms with Crippen LogP contribution in [0.15, 0.2) is 30.6 Å². The number of nitrogens with zero attached hydrogens (tertiary/aromatic N) is 3. The van der Waals surface area contributed by atoms with Crippen molar-refractivity contribution in [2.75, 3.05) is 11.9 Å². The van der Waals surface area contributed by atoms with E-state index in [0.29, 0.717) is 12.4 Å². The smallest absolute Gasteiger partial charge is 0.314 e. The highest BCUT2D eigenvalue weighted by Gasteiger charge is 2.20. The number of nitro benzene ring substituents is 1. The monoisotopic (exact) mass is 278 g/mol. The number of rotatable bonds is 5. The zero-order valence-corrected chi connectivity index (χ0v) is 10.5. The Morgan fingerprint density at radius 2 is 2.25 bits per heavy atom. The molecule has 0 aliphatic carbocycles. The van der Waals surface area contributed by atoms with Crippen LogP contribution in [-0.4, -0.2) is 21.4 Å². The molecule has 0 unspecified atom stereocenters. The van der Waals surface area contributed by atoms with Crippen LogP contribution in [0, 0.1) is 15.9 Å². The highest BCUT2D eigenvalue weighted by Crippen LogP contribution is 2.33. The van der Waals surface area contributed by atoms with E-state index in [1.165, 1.54) is 18.5 Å². The van der Waals surface area contributed by atoms with E-state index in [1.807, 2.05) is 6.92 Å². The Morgan fingerprint density at radius 1 is 1.45 bits per heavy atom. The molecular weight excluding hydrogens is 267 g/mol. The summed E-state index contributed by atoms with van der Waals surface area (Å²) in [5.41, 5.74) is -0.464. The summed E-state index contributed by atoms with van der Waals surface area (Å²) in [6.45, 7) is 2.51. The topological polar surface area (TPSA) is 90.2 Å². The van der Waals surface area contributed by atoms with E-state index in [-0.39, 0.29) is 5.88 Å². The number of para-hydroxylation sites is 1. The molecule has 2 rings (SSSR count). The van der Waals surface area contributed by atoms with E-state index < -0.39 is 22.2 Å². The summed E-state index contributed by atoms with van der Waals surface area (Å²) in [6, 6.07) is 4.91. The molecule has 0 radical (unpaired) electrons. The molecule has 2 aromatic rings. The van der Waals surface area contributed by atoms with Gasteiger partial charge in [-0.3, -0.25) is 10.1 Å². The molecule has 0 bridgehead atoms. The first-order valence-electron chi connectivity index (χ1n) is 5.78. The minimum absolute atomic E-state index is 0.0177. The largest absolute Gasteiger partial charge is 0.428 e. The Balaban J connectivity index is 2.34. The third-order valence-electron chi connectivity index (χ3n) is 2.35. The van der Waals surface area contributed by atoms with Crippen LogP contribution in [0.2, 0.25) is 0 Å². The molecule has 0 aliphatic rings. The Bertz CT molecular complexity index is 636. The van der Waals surface area contributed by atoms with Crippen molar-refractivity contribution in [1.29, 1.82) is 0 Å². The van der Waals surface area contributed by atoms with Crippen LogP contribution in [0.4, 0.5) is 15.9 Å². The van der Waals surface area contributed by atoms with E-state index in [9.17, 15) is 14.5 Å². The van der Waals surface area contributed by atoms with Gasteiger partial charge in [0.05, 0.1) is 4.92 Å². The number of halogens is 1. The van der Waals surface area contributed by atoms with Gasteiger partial charge in [-0.05, 0) is 13.0 Å². The summed E-state index contributed by atoms with van der Waals surface area (Å²) in [5, 5.41) is 13.8. The molecule has 0 amide bonds. The summed E-state index contributed by atoms with van der Waals surface area (Å²) >= 11 is 0. The van der Waals surface area contributed by atoms with Gasteiger partial charge in [-0.1, -0.05) is 6.07 Å². The third-order valence-corrected chi connectivity index (χ3v) is 2.35. The van der Waals surface area contributed by atoms with Gasteiger partial charge in [0.2, 0.25) is 11.6 Å². The summed E-state index contributed by atoms with van der Waals surface area (Å²) in [4.78, 5) is 17.8. The number of nitrogens with one attached hydrogen (secondary N) is 1. The van der Waals surface area contributed by atoms with Crippen molar-refractivity contribution in [3.63, 3.8) is 0 Å². The maximum Gasteiger partial charge on any atom is 0.314 e. The van der Waals surface area contributed by atoms with Gasteiger partial charge < -0.3 is 10.1 Å². The van der Waals surface area contributed by atoms with Gasteiger partial charge in [0.25, 0.3) is 0 Å². The lowest BCUT2D eigenvalue weighted by Crippen LogP contribution is -2.01. The van der Waals surface area contributed by atoms with Crippen molar-refractivity contribution < 1.29 is 14.1 Å². The van der Waals surface area contributed by atoms with E-state index >= 15 is 0 Å². The van der Waals surface area contributed by atoms with Crippen molar-refractivity contribution in [3.05, 3.63) is 46.5 Å². The molecule has 0 spiro atoms. The molecule has 1 aromatic heterocycles. The van der Waals surface area contributed by atoms with Crippen LogP contribution in [0.1, 0.15) is 6.92 Å². The Hall–Kier alpha value is -2.77. The number of hydrogen-bond donors (Lipinski definition) is 1. The second-order valence-corrected chi connectivity index (χ2v) is 3.72. The van der Waals surface area contributed by atoms with Gasteiger partial charge in [-0.15, -0.1) is 0 Å². The van der Waals surface area contributed by atoms with Crippen molar-refractivity contribution in [2.45, 2.75) is 6.92 Å². The summed E-state index contributed by atoms with van der Waals surface area (Å²) in [5.74, 6) is -0.804. The minimum atomic E-state index is -0.831. The molecule has 0 fully saturated rings. The van der Waals surface area contributed by atoms with E-state index in [2.05, 4.69) is 15.3 Å². The Morgan fingerprint density at radius 3 is 2.95 bits per heavy atom. The second kappa shape index (κ2) is 5.91. The lowest BCUT2D eigenvalue weighted by atomic mass is 10.3. The maximum absolute atomic E-state index is 13.7. The summed E-state index contributed by atoms with van der Waals surface area (Å²) < 4.78 is 18.8. The number of hydrogen-bond acceptors (Lipinski definition) is 6. The molecule has 0 aliphatic heterocycles. The lowest BCUT2D eigenvalue weighted by Gasteiger charge is -2.07. The van der Waals surface area contributed by atoms with Crippen LogP contribution in [0.3, 0.4) is 0 Å². The van der Waals surface area contributed by atoms with Crippen LogP contribution in [0.25, 0.3) is 0 Å². The van der Waals surface area contributed by atoms with E-state index in [4.69, 9.17) is 4.74 Å². The standard InChI is InChI=1S/C12H11FN4O3/c1-2-14-10-6-11(16-7-15-10)20-12-8(13)4-3-5-9(12)17(18)19/h3-7H,2H2,1H3,(H,14,15,16). The zero-order valence-electron chi connectivity index (χ0n) is 10.5. The number of nitro groups is 1. The number of aromatic nitrogens is 2. The van der Waals surface area contributed by atoms with Gasteiger partial charge >= 0.3 is 5.69 Å². The fraction of sp³-hybridized carbons (Fsp3) is 0.167. The molecule has 8 heteroatoms. The molecule has 0 saturated heterocycles. The average molecular weight is 278 g/mol. The molecule has 0 atom stereocenters. The maximum atomic E-state index is 13.7. The molecule has 20 heavy (non-hydrogen) atoms. The van der Waals surface area contributed by atoms with Crippen LogP contribution < -0.4 is 10.1 Å². The van der Waals surface area contributed by atoms with Crippen molar-refractivity contribution in [3.8, 4) is 11.6 Å². The van der Waals surface area contributed by atoms with Crippen molar-refractivity contribution >= 4 is 11.5 Å². The molecule has 0 saturated carbocycles. The molecule has 1 N–H and O–H groups in total. The minimum Gasteiger partial charge on any atom is -0.428 e. The first-order chi connectivity index (χ1) is 9.61. The van der Waals surface area contributed by atoms with Crippen molar-refractivity contribution in [1.82, 2.24) is 9.97 Å². The molecular formula is C12H11FN4O3. The van der Waals surface area contributed by atoms with Crippen LogP contribution in [0.5, 0.6) is 11.6 Å². The molecule has 1 heterocycles. The Labute approximate surface area is 113 Å². The lowest BCUT2D eigenvalue weighted by molar-refractivity contribution is -0.385. The molecule has 104 valence electrons. The number of anilines is 1. The fourth-order valence-corrected chi connectivity index (χ4v) is 1.52. The SMILES string of the molecule is CCNc1cc(Oc2c(F)cccc2[N+](=O)[O-])ncn1. The predicted octanol–water partition coefficient (Wildman–Crippen LogP) is 2.75. The zero-order chi connectivity index (χ0) is 14.5. The molecule has 7 nitrogen and oxygen atoms in total. The van der Waals surface area contributed by atoms with Gasteiger partial charge in [-0.2, -0.15) is 0 Å². The average Bonchev–Trinajstić information content (AvgIpc) is 2.41. The van der Waals surface area contributed by atoms with Crippen molar-refractivity contribution in [2.24, 2.45) is 0 Å². The quantitative estimate of drug-likeness (QED) is 0.668. The van der Waals surface area contributed by atoms with E-state index in [1.54, 1.807) is 0 Å². The first-order valence-corrected chi connectivity index (χ1v) is 5.78. The Kier molecular flexibility index (Phi) is 4.04. The van der Waals surface area contributed by atoms with Gasteiger partial charge in [0, 0.05) is 18.7 Å². The first kappa shape index (κ1) is 13.7. The van der Waals surface area contributed by atoms with Crippen LogP contribution >= 0.6 is 0 Å². The predicted molar refractivity (Wildman–Crippen MR) is 69.3 cm³/mol. The second-order valence-electron chi connectivity index (χ2n) is 3.72. The highest BCUT2D eigenvalue weighted by atomic mass is 19.1. The molecule has 1 aromatic carbocycles.